The molecule has 1 N–H and O–H groups in total. The van der Waals surface area contributed by atoms with Gasteiger partial charge in [-0.05, 0) is 31.0 Å². The Morgan fingerprint density at radius 1 is 1.20 bits per heavy atom. The Labute approximate surface area is 143 Å². The molecule has 1 aromatic heterocycles. The van der Waals surface area contributed by atoms with Crippen molar-refractivity contribution in [2.45, 2.75) is 18.3 Å². The number of aromatic nitrogens is 1. The van der Waals surface area contributed by atoms with Crippen molar-refractivity contribution in [2.75, 3.05) is 18.1 Å². The Bertz CT molecular complexity index is 874. The van der Waals surface area contributed by atoms with Gasteiger partial charge in [0.2, 0.25) is 5.88 Å². The van der Waals surface area contributed by atoms with Crippen molar-refractivity contribution in [3.8, 4) is 17.4 Å². The van der Waals surface area contributed by atoms with E-state index in [0.29, 0.717) is 18.2 Å². The molecule has 1 saturated heterocycles. The lowest BCUT2D eigenvalue weighted by Crippen LogP contribution is -2.30. The molecule has 3 heterocycles. The first kappa shape index (κ1) is 14.3. The number of anilines is 1. The van der Waals surface area contributed by atoms with E-state index in [0.717, 1.165) is 34.8 Å². The zero-order valence-corrected chi connectivity index (χ0v) is 13.3. The van der Waals surface area contributed by atoms with E-state index in [1.807, 2.05) is 18.2 Å². The number of rotatable bonds is 3. The Kier molecular flexibility index (Phi) is 2.83. The molecule has 1 spiro atoms. The Morgan fingerprint density at radius 3 is 2.76 bits per heavy atom. The standard InChI is InChI=1S/C18H15N3O4/c22-15-9-20-17(23)21(15)11-4-5-14(19-8-11)25-13-3-1-2-12-16(13)18(6-7-18)10-24-12/h1-5,8H,6-7,9-10H2,(H,20,23). The summed E-state index contributed by atoms with van der Waals surface area (Å²) in [6.07, 6.45) is 3.68. The number of nitrogens with one attached hydrogen (secondary N) is 1. The fourth-order valence-corrected chi connectivity index (χ4v) is 3.43. The number of hydrogen-bond acceptors (Lipinski definition) is 5. The molecule has 2 fully saturated rings. The Balaban J connectivity index is 1.42. The molecular weight excluding hydrogens is 322 g/mol. The van der Waals surface area contributed by atoms with Crippen LogP contribution in [0.4, 0.5) is 10.5 Å². The van der Waals surface area contributed by atoms with Crippen LogP contribution in [0.25, 0.3) is 0 Å². The van der Waals surface area contributed by atoms with Crippen molar-refractivity contribution in [1.29, 1.82) is 0 Å². The lowest BCUT2D eigenvalue weighted by atomic mass is 9.97. The van der Waals surface area contributed by atoms with Gasteiger partial charge in [0.15, 0.2) is 0 Å². The van der Waals surface area contributed by atoms with Crippen LogP contribution in [0.5, 0.6) is 17.4 Å². The average molecular weight is 337 g/mol. The van der Waals surface area contributed by atoms with Crippen molar-refractivity contribution in [2.24, 2.45) is 0 Å². The zero-order valence-electron chi connectivity index (χ0n) is 13.3. The van der Waals surface area contributed by atoms with Gasteiger partial charge in [0, 0.05) is 17.0 Å². The zero-order chi connectivity index (χ0) is 17.0. The van der Waals surface area contributed by atoms with Crippen molar-refractivity contribution in [3.63, 3.8) is 0 Å². The number of ether oxygens (including phenoxy) is 2. The molecule has 0 unspecified atom stereocenters. The second-order valence-electron chi connectivity index (χ2n) is 6.54. The van der Waals surface area contributed by atoms with Gasteiger partial charge in [0.25, 0.3) is 5.91 Å². The predicted octanol–water partition coefficient (Wildman–Crippen LogP) is 2.35. The first-order chi connectivity index (χ1) is 12.2. The van der Waals surface area contributed by atoms with Crippen LogP contribution in [0, 0.1) is 0 Å². The molecule has 126 valence electrons. The number of urea groups is 1. The topological polar surface area (TPSA) is 80.8 Å². The van der Waals surface area contributed by atoms with E-state index in [1.165, 1.54) is 6.20 Å². The number of nitrogens with zero attached hydrogens (tertiary/aromatic N) is 2. The maximum Gasteiger partial charge on any atom is 0.329 e. The van der Waals surface area contributed by atoms with Crippen molar-refractivity contribution in [1.82, 2.24) is 10.3 Å². The molecule has 1 saturated carbocycles. The fourth-order valence-electron chi connectivity index (χ4n) is 3.43. The van der Waals surface area contributed by atoms with Crippen LogP contribution in [0.15, 0.2) is 36.5 Å². The van der Waals surface area contributed by atoms with Gasteiger partial charge in [-0.3, -0.25) is 4.79 Å². The van der Waals surface area contributed by atoms with Crippen LogP contribution in [-0.4, -0.2) is 30.1 Å². The van der Waals surface area contributed by atoms with Crippen molar-refractivity contribution >= 4 is 17.6 Å². The van der Waals surface area contributed by atoms with E-state index in [-0.39, 0.29) is 17.9 Å². The number of benzene rings is 1. The quantitative estimate of drug-likeness (QED) is 0.870. The molecule has 3 amide bonds. The first-order valence-corrected chi connectivity index (χ1v) is 8.17. The lowest BCUT2D eigenvalue weighted by molar-refractivity contribution is -0.115. The monoisotopic (exact) mass is 337 g/mol. The van der Waals surface area contributed by atoms with Crippen LogP contribution >= 0.6 is 0 Å². The number of carbonyl (C=O) groups excluding carboxylic acids is 2. The van der Waals surface area contributed by atoms with Gasteiger partial charge in [-0.1, -0.05) is 6.07 Å². The summed E-state index contributed by atoms with van der Waals surface area (Å²) in [7, 11) is 0. The summed E-state index contributed by atoms with van der Waals surface area (Å²) in [4.78, 5) is 28.7. The molecule has 1 aliphatic carbocycles. The number of carbonyl (C=O) groups is 2. The third-order valence-electron chi connectivity index (χ3n) is 4.91. The summed E-state index contributed by atoms with van der Waals surface area (Å²) in [5.41, 5.74) is 1.65. The highest BCUT2D eigenvalue weighted by Gasteiger charge is 2.52. The second-order valence-corrected chi connectivity index (χ2v) is 6.54. The minimum absolute atomic E-state index is 0.00925. The van der Waals surface area contributed by atoms with E-state index >= 15 is 0 Å². The van der Waals surface area contributed by atoms with Crippen LogP contribution in [-0.2, 0) is 10.2 Å². The van der Waals surface area contributed by atoms with Gasteiger partial charge >= 0.3 is 6.03 Å². The molecule has 2 aromatic rings. The lowest BCUT2D eigenvalue weighted by Gasteiger charge is -2.14. The average Bonchev–Trinajstić information content (AvgIpc) is 3.19. The third-order valence-corrected chi connectivity index (χ3v) is 4.91. The highest BCUT2D eigenvalue weighted by Crippen LogP contribution is 2.58. The van der Waals surface area contributed by atoms with Crippen LogP contribution in [0.1, 0.15) is 18.4 Å². The number of amides is 3. The van der Waals surface area contributed by atoms with Crippen LogP contribution in [0.3, 0.4) is 0 Å². The summed E-state index contributed by atoms with van der Waals surface area (Å²) in [6, 6.07) is 8.65. The molecule has 25 heavy (non-hydrogen) atoms. The van der Waals surface area contributed by atoms with Crippen LogP contribution in [0.2, 0.25) is 0 Å². The maximum atomic E-state index is 11.7. The van der Waals surface area contributed by atoms with E-state index in [1.54, 1.807) is 12.1 Å². The SMILES string of the molecule is O=C1CNC(=O)N1c1ccc(Oc2cccc3c2C2(CC2)CO3)nc1. The minimum atomic E-state index is -0.436. The minimum Gasteiger partial charge on any atom is -0.492 e. The van der Waals surface area contributed by atoms with Gasteiger partial charge in [-0.25, -0.2) is 14.7 Å². The summed E-state index contributed by atoms with van der Waals surface area (Å²) < 4.78 is 11.7. The second kappa shape index (κ2) is 4.95. The third kappa shape index (κ3) is 2.15. The summed E-state index contributed by atoms with van der Waals surface area (Å²) in [5.74, 6) is 1.75. The fraction of sp³-hybridized carbons (Fsp3) is 0.278. The summed E-state index contributed by atoms with van der Waals surface area (Å²) >= 11 is 0. The molecule has 3 aliphatic rings. The molecule has 0 atom stereocenters. The Hall–Kier alpha value is -3.09. The number of hydrogen-bond donors (Lipinski definition) is 1. The highest BCUT2D eigenvalue weighted by atomic mass is 16.5. The maximum absolute atomic E-state index is 11.7. The van der Waals surface area contributed by atoms with E-state index in [2.05, 4.69) is 10.3 Å². The van der Waals surface area contributed by atoms with E-state index < -0.39 is 6.03 Å². The molecule has 2 aliphatic heterocycles. The van der Waals surface area contributed by atoms with Crippen LogP contribution < -0.4 is 19.7 Å². The van der Waals surface area contributed by atoms with Gasteiger partial charge in [0.05, 0.1) is 25.0 Å². The summed E-state index contributed by atoms with van der Waals surface area (Å²) in [5, 5.41) is 2.48. The van der Waals surface area contributed by atoms with E-state index in [4.69, 9.17) is 9.47 Å². The first-order valence-electron chi connectivity index (χ1n) is 8.17. The smallest absolute Gasteiger partial charge is 0.329 e. The summed E-state index contributed by atoms with van der Waals surface area (Å²) in [6.45, 7) is 0.719. The Morgan fingerprint density at radius 2 is 2.08 bits per heavy atom. The molecule has 0 bridgehead atoms. The molecule has 1 aromatic carbocycles. The van der Waals surface area contributed by atoms with Gasteiger partial charge in [-0.2, -0.15) is 0 Å². The van der Waals surface area contributed by atoms with Crippen molar-refractivity contribution < 1.29 is 19.1 Å². The van der Waals surface area contributed by atoms with Gasteiger partial charge in [0.1, 0.15) is 11.5 Å². The number of pyridine rings is 1. The molecule has 5 rings (SSSR count). The van der Waals surface area contributed by atoms with Crippen molar-refractivity contribution in [3.05, 3.63) is 42.1 Å². The molecule has 0 radical (unpaired) electrons. The van der Waals surface area contributed by atoms with E-state index in [9.17, 15) is 9.59 Å². The predicted molar refractivity (Wildman–Crippen MR) is 88.0 cm³/mol. The van der Waals surface area contributed by atoms with Gasteiger partial charge < -0.3 is 14.8 Å². The molecular formula is C18H15N3O4. The largest absolute Gasteiger partial charge is 0.492 e. The van der Waals surface area contributed by atoms with Gasteiger partial charge in [-0.15, -0.1) is 0 Å². The highest BCUT2D eigenvalue weighted by molar-refractivity contribution is 6.19. The number of fused-ring (bicyclic) bond motifs is 2. The molecule has 7 nitrogen and oxygen atoms in total. The number of imide groups is 1. The normalized spacial score (nSPS) is 19.6. The molecule has 7 heteroatoms.